The van der Waals surface area contributed by atoms with Crippen LogP contribution < -0.4 is 10.1 Å². The van der Waals surface area contributed by atoms with Crippen LogP contribution >= 0.6 is 0 Å². The highest BCUT2D eigenvalue weighted by molar-refractivity contribution is 5.32. The second-order valence-corrected chi connectivity index (χ2v) is 6.08. The molecule has 1 saturated heterocycles. The summed E-state index contributed by atoms with van der Waals surface area (Å²) in [5.41, 5.74) is 2.54. The lowest BCUT2D eigenvalue weighted by Gasteiger charge is -2.21. The van der Waals surface area contributed by atoms with E-state index in [0.29, 0.717) is 6.04 Å². The fourth-order valence-corrected chi connectivity index (χ4v) is 2.92. The van der Waals surface area contributed by atoms with Crippen molar-refractivity contribution in [2.24, 2.45) is 0 Å². The average Bonchev–Trinajstić information content (AvgIpc) is 2.86. The van der Waals surface area contributed by atoms with Gasteiger partial charge in [0.1, 0.15) is 5.75 Å². The molecule has 1 aliphatic rings. The van der Waals surface area contributed by atoms with Gasteiger partial charge in [-0.25, -0.2) is 0 Å². The Morgan fingerprint density at radius 1 is 1.25 bits per heavy atom. The largest absolute Gasteiger partial charge is 0.494 e. The molecule has 1 heterocycles. The van der Waals surface area contributed by atoms with E-state index in [1.807, 2.05) is 0 Å². The SMILES string of the molecule is Cc1cc(C)cc(OCCCN(C)CC2CCCN2)c1. The number of hydrogen-bond donors (Lipinski definition) is 1. The van der Waals surface area contributed by atoms with Crippen LogP contribution in [0.2, 0.25) is 0 Å². The van der Waals surface area contributed by atoms with Crippen molar-refractivity contribution in [3.8, 4) is 5.75 Å². The predicted octanol–water partition coefficient (Wildman–Crippen LogP) is 2.76. The summed E-state index contributed by atoms with van der Waals surface area (Å²) in [6, 6.07) is 7.09. The van der Waals surface area contributed by atoms with Crippen LogP contribution in [0.25, 0.3) is 0 Å². The molecule has 0 bridgehead atoms. The molecule has 1 aromatic carbocycles. The van der Waals surface area contributed by atoms with Crippen LogP contribution in [-0.4, -0.2) is 44.2 Å². The second-order valence-electron chi connectivity index (χ2n) is 6.08. The lowest BCUT2D eigenvalue weighted by molar-refractivity contribution is 0.250. The minimum atomic E-state index is 0.695. The van der Waals surface area contributed by atoms with Crippen LogP contribution in [0, 0.1) is 13.8 Å². The third kappa shape index (κ3) is 5.14. The van der Waals surface area contributed by atoms with Crippen LogP contribution in [0.15, 0.2) is 18.2 Å². The molecule has 3 nitrogen and oxygen atoms in total. The Hall–Kier alpha value is -1.06. The van der Waals surface area contributed by atoms with Crippen LogP contribution in [0.3, 0.4) is 0 Å². The zero-order chi connectivity index (χ0) is 14.4. The van der Waals surface area contributed by atoms with E-state index >= 15 is 0 Å². The number of aryl methyl sites for hydroxylation is 2. The maximum atomic E-state index is 5.85. The normalized spacial score (nSPS) is 18.7. The maximum Gasteiger partial charge on any atom is 0.119 e. The molecule has 20 heavy (non-hydrogen) atoms. The highest BCUT2D eigenvalue weighted by atomic mass is 16.5. The van der Waals surface area contributed by atoms with Gasteiger partial charge >= 0.3 is 0 Å². The lowest BCUT2D eigenvalue weighted by Crippen LogP contribution is -2.36. The Kier molecular flexibility index (Phi) is 5.86. The second kappa shape index (κ2) is 7.65. The van der Waals surface area contributed by atoms with Gasteiger partial charge in [0.2, 0.25) is 0 Å². The fourth-order valence-electron chi connectivity index (χ4n) is 2.92. The topological polar surface area (TPSA) is 24.5 Å². The molecular weight excluding hydrogens is 248 g/mol. The molecule has 0 saturated carbocycles. The summed E-state index contributed by atoms with van der Waals surface area (Å²) in [5.74, 6) is 1.00. The summed E-state index contributed by atoms with van der Waals surface area (Å²) >= 11 is 0. The Labute approximate surface area is 123 Å². The first-order chi connectivity index (χ1) is 9.63. The highest BCUT2D eigenvalue weighted by Gasteiger charge is 2.15. The lowest BCUT2D eigenvalue weighted by atomic mass is 10.1. The van der Waals surface area contributed by atoms with E-state index < -0.39 is 0 Å². The summed E-state index contributed by atoms with van der Waals surface area (Å²) < 4.78 is 5.85. The molecule has 3 heteroatoms. The first-order valence-corrected chi connectivity index (χ1v) is 7.76. The van der Waals surface area contributed by atoms with Gasteiger partial charge in [0.15, 0.2) is 0 Å². The zero-order valence-electron chi connectivity index (χ0n) is 13.1. The highest BCUT2D eigenvalue weighted by Crippen LogP contribution is 2.16. The number of hydrogen-bond acceptors (Lipinski definition) is 3. The van der Waals surface area contributed by atoms with Gasteiger partial charge in [-0.1, -0.05) is 6.07 Å². The number of benzene rings is 1. The van der Waals surface area contributed by atoms with Gasteiger partial charge in [0, 0.05) is 19.1 Å². The quantitative estimate of drug-likeness (QED) is 0.775. The van der Waals surface area contributed by atoms with Crippen LogP contribution in [0.4, 0.5) is 0 Å². The summed E-state index contributed by atoms with van der Waals surface area (Å²) in [5, 5.41) is 3.54. The smallest absolute Gasteiger partial charge is 0.119 e. The molecule has 1 fully saturated rings. The Morgan fingerprint density at radius 2 is 2.00 bits per heavy atom. The number of ether oxygens (including phenoxy) is 1. The van der Waals surface area contributed by atoms with Crippen molar-refractivity contribution in [2.75, 3.05) is 33.3 Å². The van der Waals surface area contributed by atoms with Crippen molar-refractivity contribution in [1.82, 2.24) is 10.2 Å². The van der Waals surface area contributed by atoms with Gasteiger partial charge in [-0.05, 0) is 70.0 Å². The van der Waals surface area contributed by atoms with E-state index in [9.17, 15) is 0 Å². The predicted molar refractivity (Wildman–Crippen MR) is 84.5 cm³/mol. The fraction of sp³-hybridized carbons (Fsp3) is 0.647. The Morgan fingerprint density at radius 3 is 2.65 bits per heavy atom. The molecule has 0 amide bonds. The Bertz CT molecular complexity index is 393. The molecule has 0 spiro atoms. The van der Waals surface area contributed by atoms with Crippen LogP contribution in [0.1, 0.15) is 30.4 Å². The number of likely N-dealkylation sites (N-methyl/N-ethyl adjacent to an activating group) is 1. The minimum Gasteiger partial charge on any atom is -0.494 e. The van der Waals surface area contributed by atoms with Crippen molar-refractivity contribution in [1.29, 1.82) is 0 Å². The van der Waals surface area contributed by atoms with E-state index in [0.717, 1.165) is 31.9 Å². The third-order valence-corrected chi connectivity index (χ3v) is 3.84. The van der Waals surface area contributed by atoms with Gasteiger partial charge in [0.05, 0.1) is 6.61 Å². The number of rotatable bonds is 7. The minimum absolute atomic E-state index is 0.695. The summed E-state index contributed by atoms with van der Waals surface area (Å²) in [7, 11) is 2.21. The van der Waals surface area contributed by atoms with Crippen molar-refractivity contribution in [3.63, 3.8) is 0 Å². The molecule has 0 aliphatic carbocycles. The van der Waals surface area contributed by atoms with E-state index in [4.69, 9.17) is 4.74 Å². The van der Waals surface area contributed by atoms with E-state index in [1.165, 1.54) is 30.5 Å². The summed E-state index contributed by atoms with van der Waals surface area (Å²) in [6.07, 6.45) is 3.73. The van der Waals surface area contributed by atoms with E-state index in [1.54, 1.807) is 0 Å². The van der Waals surface area contributed by atoms with Crippen LogP contribution in [0.5, 0.6) is 5.75 Å². The standard InChI is InChI=1S/C17H28N2O/c1-14-10-15(2)12-17(11-14)20-9-5-8-19(3)13-16-6-4-7-18-16/h10-12,16,18H,4-9,13H2,1-3H3. The third-order valence-electron chi connectivity index (χ3n) is 3.84. The first kappa shape index (κ1) is 15.3. The van der Waals surface area contributed by atoms with Crippen molar-refractivity contribution >= 4 is 0 Å². The van der Waals surface area contributed by atoms with Crippen molar-refractivity contribution in [3.05, 3.63) is 29.3 Å². The number of nitrogens with zero attached hydrogens (tertiary/aromatic N) is 1. The molecule has 2 rings (SSSR count). The monoisotopic (exact) mass is 276 g/mol. The molecule has 112 valence electrons. The van der Waals surface area contributed by atoms with Gasteiger partial charge in [-0.15, -0.1) is 0 Å². The van der Waals surface area contributed by atoms with Crippen molar-refractivity contribution < 1.29 is 4.74 Å². The Balaban J connectivity index is 1.62. The average molecular weight is 276 g/mol. The molecule has 1 unspecified atom stereocenters. The molecular formula is C17H28N2O. The molecule has 0 radical (unpaired) electrons. The van der Waals surface area contributed by atoms with Gasteiger partial charge < -0.3 is 15.0 Å². The molecule has 1 N–H and O–H groups in total. The molecule has 1 aliphatic heterocycles. The van der Waals surface area contributed by atoms with Gasteiger partial charge in [-0.3, -0.25) is 0 Å². The summed E-state index contributed by atoms with van der Waals surface area (Å²) in [6.45, 7) is 8.47. The van der Waals surface area contributed by atoms with Crippen molar-refractivity contribution in [2.45, 2.75) is 39.2 Å². The van der Waals surface area contributed by atoms with Gasteiger partial charge in [0.25, 0.3) is 0 Å². The molecule has 1 aromatic rings. The zero-order valence-corrected chi connectivity index (χ0v) is 13.1. The van der Waals surface area contributed by atoms with Gasteiger partial charge in [-0.2, -0.15) is 0 Å². The van der Waals surface area contributed by atoms with E-state index in [-0.39, 0.29) is 0 Å². The number of nitrogens with one attached hydrogen (secondary N) is 1. The van der Waals surface area contributed by atoms with Crippen LogP contribution in [-0.2, 0) is 0 Å². The maximum absolute atomic E-state index is 5.85. The summed E-state index contributed by atoms with van der Waals surface area (Å²) in [4.78, 5) is 2.41. The first-order valence-electron chi connectivity index (χ1n) is 7.76. The molecule has 0 aromatic heterocycles. The van der Waals surface area contributed by atoms with E-state index in [2.05, 4.69) is 49.3 Å². The molecule has 1 atom stereocenters.